The van der Waals surface area contributed by atoms with E-state index in [0.29, 0.717) is 36.1 Å². The molecule has 0 amide bonds. The highest BCUT2D eigenvalue weighted by molar-refractivity contribution is 5.90. The molecule has 7 heteroatoms. The van der Waals surface area contributed by atoms with Gasteiger partial charge in [-0.25, -0.2) is 9.79 Å². The summed E-state index contributed by atoms with van der Waals surface area (Å²) in [6.07, 6.45) is 0. The molecule has 0 atom stereocenters. The average molecular weight is 359 g/mol. The molecule has 0 aliphatic rings. The number of benzene rings is 1. The van der Waals surface area contributed by atoms with Gasteiger partial charge in [0.1, 0.15) is 22.8 Å². The number of nitrogens with one attached hydrogen (secondary N) is 2. The minimum Gasteiger partial charge on any atom is -0.497 e. The van der Waals surface area contributed by atoms with Gasteiger partial charge in [-0.1, -0.05) is 12.1 Å². The summed E-state index contributed by atoms with van der Waals surface area (Å²) in [5, 5.41) is 6.38. The summed E-state index contributed by atoms with van der Waals surface area (Å²) < 4.78 is 15.5. The summed E-state index contributed by atoms with van der Waals surface area (Å²) in [6, 6.07) is 9.45. The van der Waals surface area contributed by atoms with Crippen LogP contribution in [0.5, 0.6) is 5.75 Å². The summed E-state index contributed by atoms with van der Waals surface area (Å²) in [5.74, 6) is 2.25. The Morgan fingerprint density at radius 3 is 2.54 bits per heavy atom. The van der Waals surface area contributed by atoms with Crippen LogP contribution >= 0.6 is 0 Å². The number of methoxy groups -OCH3 is 2. The number of hydrogen-bond donors (Lipinski definition) is 2. The molecule has 2 N–H and O–H groups in total. The van der Waals surface area contributed by atoms with Crippen LogP contribution in [0, 0.1) is 6.92 Å². The van der Waals surface area contributed by atoms with Crippen LogP contribution in [0.2, 0.25) is 0 Å². The fraction of sp³-hybridized carbons (Fsp3) is 0.368. The van der Waals surface area contributed by atoms with Crippen molar-refractivity contribution in [3.63, 3.8) is 0 Å². The first-order valence-electron chi connectivity index (χ1n) is 8.40. The topological polar surface area (TPSA) is 85.1 Å². The molecule has 1 aromatic carbocycles. The van der Waals surface area contributed by atoms with E-state index in [0.717, 1.165) is 17.9 Å². The van der Waals surface area contributed by atoms with Crippen molar-refractivity contribution in [2.75, 3.05) is 20.8 Å². The first kappa shape index (κ1) is 19.4. The Hall–Kier alpha value is -2.96. The summed E-state index contributed by atoms with van der Waals surface area (Å²) >= 11 is 0. The van der Waals surface area contributed by atoms with Gasteiger partial charge in [0.2, 0.25) is 0 Å². The van der Waals surface area contributed by atoms with Crippen molar-refractivity contribution in [2.45, 2.75) is 26.9 Å². The first-order valence-corrected chi connectivity index (χ1v) is 8.40. The fourth-order valence-corrected chi connectivity index (χ4v) is 2.36. The van der Waals surface area contributed by atoms with E-state index < -0.39 is 5.97 Å². The lowest BCUT2D eigenvalue weighted by atomic mass is 10.2. The van der Waals surface area contributed by atoms with Gasteiger partial charge in [-0.3, -0.25) is 0 Å². The van der Waals surface area contributed by atoms with E-state index in [1.54, 1.807) is 20.1 Å². The SMILES string of the molecule is CCNC(=NCc1ccc(OC)cc1)NCc1cc(C(=O)OC)c(C)o1. The zero-order chi connectivity index (χ0) is 18.9. The Bertz CT molecular complexity index is 751. The number of carbonyl (C=O) groups excluding carboxylic acids is 1. The number of carbonyl (C=O) groups is 1. The van der Waals surface area contributed by atoms with Gasteiger partial charge >= 0.3 is 5.97 Å². The smallest absolute Gasteiger partial charge is 0.341 e. The molecule has 0 aliphatic heterocycles. The second-order valence-corrected chi connectivity index (χ2v) is 5.57. The molecule has 0 bridgehead atoms. The van der Waals surface area contributed by atoms with Crippen LogP contribution in [0.3, 0.4) is 0 Å². The second kappa shape index (κ2) is 9.50. The van der Waals surface area contributed by atoms with Crippen LogP contribution in [0.1, 0.15) is 34.4 Å². The minimum absolute atomic E-state index is 0.405. The van der Waals surface area contributed by atoms with E-state index in [9.17, 15) is 4.79 Å². The van der Waals surface area contributed by atoms with Crippen LogP contribution in [0.25, 0.3) is 0 Å². The third-order valence-corrected chi connectivity index (χ3v) is 3.73. The molecule has 0 saturated carbocycles. The zero-order valence-electron chi connectivity index (χ0n) is 15.6. The van der Waals surface area contributed by atoms with Gasteiger partial charge in [-0.2, -0.15) is 0 Å². The van der Waals surface area contributed by atoms with Crippen LogP contribution < -0.4 is 15.4 Å². The van der Waals surface area contributed by atoms with Gasteiger partial charge in [-0.05, 0) is 37.6 Å². The van der Waals surface area contributed by atoms with E-state index in [2.05, 4.69) is 15.6 Å². The normalized spacial score (nSPS) is 11.2. The Labute approximate surface area is 153 Å². The van der Waals surface area contributed by atoms with Gasteiger partial charge in [0.15, 0.2) is 5.96 Å². The molecule has 26 heavy (non-hydrogen) atoms. The first-order chi connectivity index (χ1) is 12.6. The molecular weight excluding hydrogens is 334 g/mol. The van der Waals surface area contributed by atoms with Crippen LogP contribution in [-0.4, -0.2) is 32.7 Å². The fourth-order valence-electron chi connectivity index (χ4n) is 2.36. The predicted molar refractivity (Wildman–Crippen MR) is 99.4 cm³/mol. The highest BCUT2D eigenvalue weighted by Gasteiger charge is 2.15. The Morgan fingerprint density at radius 1 is 1.19 bits per heavy atom. The van der Waals surface area contributed by atoms with Crippen LogP contribution in [0.4, 0.5) is 0 Å². The van der Waals surface area contributed by atoms with E-state index in [4.69, 9.17) is 13.9 Å². The lowest BCUT2D eigenvalue weighted by Crippen LogP contribution is -2.36. The molecule has 0 aliphatic carbocycles. The molecule has 2 aromatic rings. The van der Waals surface area contributed by atoms with Crippen molar-refractivity contribution < 1.29 is 18.7 Å². The maximum Gasteiger partial charge on any atom is 0.341 e. The third kappa shape index (κ3) is 5.27. The van der Waals surface area contributed by atoms with E-state index >= 15 is 0 Å². The number of ether oxygens (including phenoxy) is 2. The van der Waals surface area contributed by atoms with Crippen molar-refractivity contribution in [3.05, 3.63) is 53.0 Å². The Balaban J connectivity index is 1.99. The second-order valence-electron chi connectivity index (χ2n) is 5.57. The van der Waals surface area contributed by atoms with Gasteiger partial charge in [0.05, 0.1) is 27.3 Å². The Kier molecular flexibility index (Phi) is 7.08. The molecule has 0 saturated heterocycles. The van der Waals surface area contributed by atoms with E-state index in [-0.39, 0.29) is 0 Å². The lowest BCUT2D eigenvalue weighted by molar-refractivity contribution is 0.0599. The van der Waals surface area contributed by atoms with Crippen molar-refractivity contribution in [1.82, 2.24) is 10.6 Å². The monoisotopic (exact) mass is 359 g/mol. The van der Waals surface area contributed by atoms with Crippen molar-refractivity contribution in [3.8, 4) is 5.75 Å². The summed E-state index contributed by atoms with van der Waals surface area (Å²) in [5.41, 5.74) is 1.51. The van der Waals surface area contributed by atoms with Crippen molar-refractivity contribution in [2.24, 2.45) is 4.99 Å². The highest BCUT2D eigenvalue weighted by Crippen LogP contribution is 2.15. The molecule has 0 spiro atoms. The maximum absolute atomic E-state index is 11.6. The van der Waals surface area contributed by atoms with Crippen LogP contribution in [-0.2, 0) is 17.8 Å². The van der Waals surface area contributed by atoms with E-state index in [1.165, 1.54) is 7.11 Å². The lowest BCUT2D eigenvalue weighted by Gasteiger charge is -2.10. The number of furan rings is 1. The zero-order valence-corrected chi connectivity index (χ0v) is 15.6. The summed E-state index contributed by atoms with van der Waals surface area (Å²) in [6.45, 7) is 5.41. The molecule has 0 unspecified atom stereocenters. The molecule has 1 aromatic heterocycles. The van der Waals surface area contributed by atoms with E-state index in [1.807, 2.05) is 31.2 Å². The van der Waals surface area contributed by atoms with Gasteiger partial charge < -0.3 is 24.5 Å². The number of nitrogens with zero attached hydrogens (tertiary/aromatic N) is 1. The number of rotatable bonds is 7. The molecular formula is C19H25N3O4. The van der Waals surface area contributed by atoms with Gasteiger partial charge in [0.25, 0.3) is 0 Å². The summed E-state index contributed by atoms with van der Waals surface area (Å²) in [7, 11) is 2.99. The van der Waals surface area contributed by atoms with Crippen LogP contribution in [0.15, 0.2) is 39.7 Å². The van der Waals surface area contributed by atoms with Crippen molar-refractivity contribution >= 4 is 11.9 Å². The number of guanidine groups is 1. The molecule has 1 heterocycles. The molecule has 0 fully saturated rings. The van der Waals surface area contributed by atoms with Gasteiger partial charge in [0, 0.05) is 6.54 Å². The number of hydrogen-bond acceptors (Lipinski definition) is 5. The molecule has 0 radical (unpaired) electrons. The molecule has 7 nitrogen and oxygen atoms in total. The molecule has 140 valence electrons. The highest BCUT2D eigenvalue weighted by atomic mass is 16.5. The minimum atomic E-state index is -0.405. The quantitative estimate of drug-likeness (QED) is 0.449. The number of esters is 1. The number of aliphatic imine (C=N–C) groups is 1. The average Bonchev–Trinajstić information content (AvgIpc) is 3.04. The van der Waals surface area contributed by atoms with Gasteiger partial charge in [-0.15, -0.1) is 0 Å². The maximum atomic E-state index is 11.6. The van der Waals surface area contributed by atoms with Crippen molar-refractivity contribution in [1.29, 1.82) is 0 Å². The summed E-state index contributed by atoms with van der Waals surface area (Å²) in [4.78, 5) is 16.2. The predicted octanol–water partition coefficient (Wildman–Crippen LogP) is 2.64. The number of aryl methyl sites for hydroxylation is 1. The largest absolute Gasteiger partial charge is 0.497 e. The standard InChI is InChI=1S/C19H25N3O4/c1-5-20-19(21-11-14-6-8-15(24-3)9-7-14)22-12-16-10-17(13(2)26-16)18(23)25-4/h6-10H,5,11-12H2,1-4H3,(H2,20,21,22). The molecule has 2 rings (SSSR count). The Morgan fingerprint density at radius 2 is 1.92 bits per heavy atom. The third-order valence-electron chi connectivity index (χ3n) is 3.73.